The molecule has 0 aliphatic rings. The van der Waals surface area contributed by atoms with Crippen LogP contribution in [0.2, 0.25) is 0 Å². The lowest BCUT2D eigenvalue weighted by atomic mass is 9.92. The van der Waals surface area contributed by atoms with E-state index in [-0.39, 0.29) is 0 Å². The number of hydrogen-bond donors (Lipinski definition) is 0. The fourth-order valence-electron chi connectivity index (χ4n) is 15.6. The maximum absolute atomic E-state index is 5.91. The Morgan fingerprint density at radius 3 is 0.918 bits per heavy atom. The van der Waals surface area contributed by atoms with E-state index in [2.05, 4.69) is 370 Å². The molecule has 6 heteroatoms. The highest BCUT2D eigenvalue weighted by atomic mass is 15.1. The number of hydrogen-bond acceptors (Lipinski definition) is 2. The highest BCUT2D eigenvalue weighted by molar-refractivity contribution is 6.15. The third kappa shape index (κ3) is 8.89. The molecule has 0 fully saturated rings. The zero-order valence-electron chi connectivity index (χ0n) is 53.2. The molecule has 0 bridgehead atoms. The summed E-state index contributed by atoms with van der Waals surface area (Å²) >= 11 is 0. The van der Waals surface area contributed by atoms with Crippen LogP contribution in [0.3, 0.4) is 0 Å². The lowest BCUT2D eigenvalue weighted by Gasteiger charge is -2.16. The van der Waals surface area contributed by atoms with E-state index in [0.29, 0.717) is 0 Å². The van der Waals surface area contributed by atoms with Crippen molar-refractivity contribution in [2.45, 2.75) is 0 Å². The molecule has 20 rings (SSSR count). The van der Waals surface area contributed by atoms with Crippen molar-refractivity contribution in [1.29, 1.82) is 0 Å². The molecule has 5 aromatic heterocycles. The minimum Gasteiger partial charge on any atom is -0.309 e. The normalized spacial score (nSPS) is 11.9. The van der Waals surface area contributed by atoms with Crippen LogP contribution >= 0.6 is 0 Å². The Hall–Kier alpha value is -13.2. The Kier molecular flexibility index (Phi) is 12.6. The van der Waals surface area contributed by atoms with Crippen LogP contribution in [0, 0.1) is 0 Å². The van der Waals surface area contributed by atoms with Crippen molar-refractivity contribution in [3.63, 3.8) is 0 Å². The molecule has 0 saturated carbocycles. The first-order chi connectivity index (χ1) is 48.6. The molecule has 0 aliphatic heterocycles. The van der Waals surface area contributed by atoms with Crippen LogP contribution in [0.4, 0.5) is 0 Å². The molecule has 0 amide bonds. The first-order valence-corrected chi connectivity index (χ1v) is 33.5. The summed E-state index contributed by atoms with van der Waals surface area (Å²) in [6, 6.07) is 128. The summed E-state index contributed by atoms with van der Waals surface area (Å²) in [5.41, 5.74) is 27.2. The van der Waals surface area contributed by atoms with Gasteiger partial charge in [-0.2, -0.15) is 0 Å². The summed E-state index contributed by atoms with van der Waals surface area (Å²) in [7, 11) is 0. The molecular weight excluding hydrogens is 1190 g/mol. The molecule has 0 aliphatic carbocycles. The highest BCUT2D eigenvalue weighted by Crippen LogP contribution is 2.44. The number of para-hydroxylation sites is 6. The Labute approximate surface area is 564 Å². The summed E-state index contributed by atoms with van der Waals surface area (Å²) in [5, 5.41) is 9.54. The second kappa shape index (κ2) is 22.2. The summed E-state index contributed by atoms with van der Waals surface area (Å²) in [4.78, 5) is 11.7. The minimum absolute atomic E-state index is 0.750. The zero-order valence-corrected chi connectivity index (χ0v) is 53.2. The van der Waals surface area contributed by atoms with Gasteiger partial charge in [-0.1, -0.05) is 212 Å². The van der Waals surface area contributed by atoms with E-state index in [1.165, 1.54) is 71.1 Å². The molecule has 0 saturated heterocycles. The zero-order chi connectivity index (χ0) is 64.4. The largest absolute Gasteiger partial charge is 0.309 e. The summed E-state index contributed by atoms with van der Waals surface area (Å²) in [6.45, 7) is 0. The van der Waals surface area contributed by atoms with Crippen molar-refractivity contribution in [3.05, 3.63) is 352 Å². The predicted octanol–water partition coefficient (Wildman–Crippen LogP) is 24.0. The van der Waals surface area contributed by atoms with Crippen LogP contribution in [0.5, 0.6) is 0 Å². The monoisotopic (exact) mass is 1250 g/mol. The fourth-order valence-corrected chi connectivity index (χ4v) is 15.6. The van der Waals surface area contributed by atoms with Crippen molar-refractivity contribution in [2.24, 2.45) is 0 Å². The second-order valence-electron chi connectivity index (χ2n) is 25.7. The average molecular weight is 1250 g/mol. The van der Waals surface area contributed by atoms with Gasteiger partial charge < -0.3 is 13.7 Å². The number of fused-ring (bicyclic) bond motifs is 13. The number of aromatic nitrogens is 6. The van der Waals surface area contributed by atoms with Crippen LogP contribution < -0.4 is 0 Å². The Morgan fingerprint density at radius 2 is 0.480 bits per heavy atom. The Bertz CT molecular complexity index is 6530. The van der Waals surface area contributed by atoms with E-state index in [1.54, 1.807) is 0 Å². The topological polar surface area (TPSA) is 45.5 Å². The fraction of sp³-hybridized carbons (Fsp3) is 0. The average Bonchev–Trinajstić information content (AvgIpc) is 1.58. The molecule has 0 N–H and O–H groups in total. The van der Waals surface area contributed by atoms with Crippen LogP contribution in [0.25, 0.3) is 188 Å². The minimum atomic E-state index is 0.750. The molecule has 0 radical (unpaired) electrons. The van der Waals surface area contributed by atoms with Gasteiger partial charge in [-0.05, 0) is 195 Å². The number of nitrogens with zero attached hydrogens (tertiary/aromatic N) is 6. The van der Waals surface area contributed by atoms with Gasteiger partial charge in [0.05, 0.1) is 55.2 Å². The summed E-state index contributed by atoms with van der Waals surface area (Å²) in [5.74, 6) is 0.750. The molecule has 0 atom stereocenters. The molecule has 15 aromatic carbocycles. The number of rotatable bonds is 10. The maximum Gasteiger partial charge on any atom is 0.165 e. The van der Waals surface area contributed by atoms with E-state index < -0.39 is 0 Å². The van der Waals surface area contributed by atoms with Crippen molar-refractivity contribution in [2.75, 3.05) is 0 Å². The summed E-state index contributed by atoms with van der Waals surface area (Å²) < 4.78 is 9.51. The lowest BCUT2D eigenvalue weighted by Crippen LogP contribution is -2.04. The third-order valence-electron chi connectivity index (χ3n) is 20.1. The molecule has 98 heavy (non-hydrogen) atoms. The first-order valence-electron chi connectivity index (χ1n) is 33.5. The quantitative estimate of drug-likeness (QED) is 0.137. The van der Waals surface area contributed by atoms with Crippen LogP contribution in [-0.4, -0.2) is 28.2 Å². The van der Waals surface area contributed by atoms with Gasteiger partial charge in [0.1, 0.15) is 5.69 Å². The molecular formula is C92H58N6. The van der Waals surface area contributed by atoms with E-state index in [1.807, 2.05) is 0 Å². The SMILES string of the molecule is c1ccc(-c2cc(-c3ccccc3)cc(-c3cccc(-c4nc5ccc(-n6c7ccccc7c7cc(-c8ccc9c(c8)c8ccccc8n9-c8ccccc8)ccc76)cc5nc4-n4c5ccccc5c5cc(-c6ccc7c(c6)c6ccccc6n7-c6ccccc6)ccc54)c3)c2)cc1. The molecule has 6 nitrogen and oxygen atoms in total. The van der Waals surface area contributed by atoms with Gasteiger partial charge in [-0.3, -0.25) is 4.57 Å². The van der Waals surface area contributed by atoms with Crippen molar-refractivity contribution >= 4 is 98.3 Å². The van der Waals surface area contributed by atoms with Gasteiger partial charge in [0.25, 0.3) is 0 Å². The standard InChI is InChI=1S/C92H58N6/c1-5-22-59(23-6-1)67-51-68(60-24-7-2-8-25-60)53-69(52-67)61-26-21-27-66(50-61)91-92(98-86-39-20-16-35-76(86)80-57-65(43-49-90(80)98)63-41-47-88-78(55-63)74-33-14-18-37-84(74)96(88)71-30-11-4-12-31-71)94-82-58-72(44-45-81(82)93-91)97-85-38-19-15-34-75(85)79-56-64(42-48-89(79)97)62-40-46-87-77(54-62)73-32-13-17-36-83(73)95(87)70-28-9-3-10-29-70/h1-58H. The second-order valence-corrected chi connectivity index (χ2v) is 25.7. The third-order valence-corrected chi connectivity index (χ3v) is 20.1. The molecule has 456 valence electrons. The lowest BCUT2D eigenvalue weighted by molar-refractivity contribution is 1.08. The van der Waals surface area contributed by atoms with Gasteiger partial charge in [0.15, 0.2) is 5.82 Å². The molecule has 0 spiro atoms. The predicted molar refractivity (Wildman–Crippen MR) is 410 cm³/mol. The van der Waals surface area contributed by atoms with Gasteiger partial charge in [-0.15, -0.1) is 0 Å². The van der Waals surface area contributed by atoms with E-state index in [0.717, 1.165) is 117 Å². The molecule has 5 heterocycles. The molecule has 20 aromatic rings. The maximum atomic E-state index is 5.91. The summed E-state index contributed by atoms with van der Waals surface area (Å²) in [6.07, 6.45) is 0. The van der Waals surface area contributed by atoms with E-state index in [4.69, 9.17) is 9.97 Å². The van der Waals surface area contributed by atoms with Crippen molar-refractivity contribution in [1.82, 2.24) is 28.2 Å². The van der Waals surface area contributed by atoms with Crippen LogP contribution in [0.1, 0.15) is 0 Å². The van der Waals surface area contributed by atoms with Gasteiger partial charge in [0.2, 0.25) is 0 Å². The van der Waals surface area contributed by atoms with Gasteiger partial charge in [0, 0.05) is 65.7 Å². The van der Waals surface area contributed by atoms with Crippen molar-refractivity contribution < 1.29 is 0 Å². The van der Waals surface area contributed by atoms with Crippen LogP contribution in [0.15, 0.2) is 352 Å². The van der Waals surface area contributed by atoms with E-state index in [9.17, 15) is 0 Å². The first kappa shape index (κ1) is 55.3. The molecule has 0 unspecified atom stereocenters. The van der Waals surface area contributed by atoms with Gasteiger partial charge >= 0.3 is 0 Å². The number of benzene rings is 15. The van der Waals surface area contributed by atoms with Crippen molar-refractivity contribution in [3.8, 4) is 89.8 Å². The Balaban J connectivity index is 0.764. The smallest absolute Gasteiger partial charge is 0.165 e. The highest BCUT2D eigenvalue weighted by Gasteiger charge is 2.24. The van der Waals surface area contributed by atoms with Gasteiger partial charge in [-0.25, -0.2) is 9.97 Å². The van der Waals surface area contributed by atoms with E-state index >= 15 is 0 Å². The van der Waals surface area contributed by atoms with Crippen LogP contribution in [-0.2, 0) is 0 Å². The Morgan fingerprint density at radius 1 is 0.163 bits per heavy atom.